The molecule has 1 N–H and O–H groups in total. The first-order valence-electron chi connectivity index (χ1n) is 4.47. The second-order valence-corrected chi connectivity index (χ2v) is 3.56. The van der Waals surface area contributed by atoms with Crippen molar-refractivity contribution in [3.05, 3.63) is 0 Å². The van der Waals surface area contributed by atoms with E-state index in [0.29, 0.717) is 0 Å². The van der Waals surface area contributed by atoms with Gasteiger partial charge in [-0.05, 0) is 38.3 Å². The van der Waals surface area contributed by atoms with Crippen molar-refractivity contribution in [2.75, 3.05) is 13.6 Å². The summed E-state index contributed by atoms with van der Waals surface area (Å²) in [5, 5.41) is 3.23. The molecule has 1 aliphatic rings. The summed E-state index contributed by atoms with van der Waals surface area (Å²) in [6.07, 6.45) is 7.20. The normalized spacial score (nSPS) is 22.2. The fourth-order valence-corrected chi connectivity index (χ4v) is 1.85. The third kappa shape index (κ3) is 1.51. The maximum absolute atomic E-state index is 3.23. The molecule has 0 amide bonds. The minimum Gasteiger partial charge on any atom is -0.320 e. The Morgan fingerprint density at radius 3 is 2.40 bits per heavy atom. The molecule has 1 aliphatic carbocycles. The highest BCUT2D eigenvalue weighted by Crippen LogP contribution is 2.46. The van der Waals surface area contributed by atoms with Crippen molar-refractivity contribution < 1.29 is 0 Å². The predicted octanol–water partition coefficient (Wildman–Crippen LogP) is 2.18. The average Bonchev–Trinajstić information content (AvgIpc) is 1.87. The van der Waals surface area contributed by atoms with Crippen molar-refractivity contribution in [3.63, 3.8) is 0 Å². The predicted molar refractivity (Wildman–Crippen MR) is 45.1 cm³/mol. The summed E-state index contributed by atoms with van der Waals surface area (Å²) in [6.45, 7) is 3.53. The molecule has 0 aliphatic heterocycles. The lowest BCUT2D eigenvalue weighted by atomic mass is 9.65. The van der Waals surface area contributed by atoms with Gasteiger partial charge in [0, 0.05) is 0 Å². The van der Waals surface area contributed by atoms with Crippen molar-refractivity contribution >= 4 is 0 Å². The quantitative estimate of drug-likeness (QED) is 0.632. The van der Waals surface area contributed by atoms with Gasteiger partial charge in [-0.25, -0.2) is 0 Å². The van der Waals surface area contributed by atoms with Crippen molar-refractivity contribution in [2.45, 2.75) is 39.0 Å². The van der Waals surface area contributed by atoms with E-state index in [0.717, 1.165) is 5.41 Å². The molecule has 1 fully saturated rings. The maximum atomic E-state index is 3.23. The molecule has 0 aromatic carbocycles. The number of nitrogens with one attached hydrogen (secondary N) is 1. The SMILES string of the molecule is CCC1(CCNC)CCC1. The van der Waals surface area contributed by atoms with Gasteiger partial charge in [-0.1, -0.05) is 19.8 Å². The summed E-state index contributed by atoms with van der Waals surface area (Å²) in [7, 11) is 2.04. The Kier molecular flexibility index (Phi) is 2.72. The highest BCUT2D eigenvalue weighted by molar-refractivity contribution is 4.86. The third-order valence-electron chi connectivity index (χ3n) is 3.07. The van der Waals surface area contributed by atoms with Crippen LogP contribution < -0.4 is 5.32 Å². The fraction of sp³-hybridized carbons (Fsp3) is 1.00. The van der Waals surface area contributed by atoms with E-state index in [1.54, 1.807) is 0 Å². The summed E-state index contributed by atoms with van der Waals surface area (Å²) in [4.78, 5) is 0. The third-order valence-corrected chi connectivity index (χ3v) is 3.07. The van der Waals surface area contributed by atoms with Gasteiger partial charge in [0.15, 0.2) is 0 Å². The van der Waals surface area contributed by atoms with E-state index in [2.05, 4.69) is 12.2 Å². The van der Waals surface area contributed by atoms with Gasteiger partial charge in [0.2, 0.25) is 0 Å². The van der Waals surface area contributed by atoms with Crippen molar-refractivity contribution in [2.24, 2.45) is 5.41 Å². The number of hydrogen-bond donors (Lipinski definition) is 1. The fourth-order valence-electron chi connectivity index (χ4n) is 1.85. The second-order valence-electron chi connectivity index (χ2n) is 3.56. The Bertz CT molecular complexity index is 89.4. The Morgan fingerprint density at radius 1 is 1.40 bits per heavy atom. The molecule has 0 saturated heterocycles. The Labute approximate surface area is 64.2 Å². The zero-order valence-corrected chi connectivity index (χ0v) is 7.24. The zero-order chi connectivity index (χ0) is 7.45. The van der Waals surface area contributed by atoms with E-state index in [1.807, 2.05) is 7.05 Å². The molecule has 0 heterocycles. The van der Waals surface area contributed by atoms with Gasteiger partial charge in [0.05, 0.1) is 0 Å². The molecular formula is C9H19N. The van der Waals surface area contributed by atoms with Crippen LogP contribution in [0.15, 0.2) is 0 Å². The lowest BCUT2D eigenvalue weighted by Crippen LogP contribution is -2.31. The highest BCUT2D eigenvalue weighted by Gasteiger charge is 2.33. The second kappa shape index (κ2) is 3.38. The van der Waals surface area contributed by atoms with Crippen LogP contribution in [0.5, 0.6) is 0 Å². The molecule has 0 bridgehead atoms. The van der Waals surface area contributed by atoms with E-state index < -0.39 is 0 Å². The molecule has 1 heteroatoms. The van der Waals surface area contributed by atoms with Crippen molar-refractivity contribution in [1.82, 2.24) is 5.32 Å². The van der Waals surface area contributed by atoms with Crippen LogP contribution in [0.3, 0.4) is 0 Å². The van der Waals surface area contributed by atoms with Crippen LogP contribution in [0, 0.1) is 5.41 Å². The Balaban J connectivity index is 2.20. The van der Waals surface area contributed by atoms with Gasteiger partial charge in [-0.2, -0.15) is 0 Å². The molecule has 0 aromatic heterocycles. The van der Waals surface area contributed by atoms with Crippen molar-refractivity contribution in [3.8, 4) is 0 Å². The van der Waals surface area contributed by atoms with Gasteiger partial charge >= 0.3 is 0 Å². The molecule has 10 heavy (non-hydrogen) atoms. The minimum atomic E-state index is 0.753. The number of hydrogen-bond acceptors (Lipinski definition) is 1. The average molecular weight is 141 g/mol. The molecule has 1 saturated carbocycles. The lowest BCUT2D eigenvalue weighted by Gasteiger charge is -2.41. The van der Waals surface area contributed by atoms with E-state index in [9.17, 15) is 0 Å². The summed E-state index contributed by atoms with van der Waals surface area (Å²) in [5.74, 6) is 0. The Hall–Kier alpha value is -0.0400. The molecule has 1 nitrogen and oxygen atoms in total. The molecule has 0 radical (unpaired) electrons. The van der Waals surface area contributed by atoms with Crippen molar-refractivity contribution in [1.29, 1.82) is 0 Å². The van der Waals surface area contributed by atoms with Gasteiger partial charge in [0.1, 0.15) is 0 Å². The van der Waals surface area contributed by atoms with Crippen LogP contribution in [0.2, 0.25) is 0 Å². The van der Waals surface area contributed by atoms with E-state index in [1.165, 1.54) is 38.6 Å². The zero-order valence-electron chi connectivity index (χ0n) is 7.24. The first-order valence-corrected chi connectivity index (χ1v) is 4.47. The molecule has 1 rings (SSSR count). The van der Waals surface area contributed by atoms with Crippen LogP contribution >= 0.6 is 0 Å². The molecule has 60 valence electrons. The lowest BCUT2D eigenvalue weighted by molar-refractivity contribution is 0.114. The van der Waals surface area contributed by atoms with Crippen LogP contribution in [0.4, 0.5) is 0 Å². The van der Waals surface area contributed by atoms with Crippen LogP contribution in [0.1, 0.15) is 39.0 Å². The molecule has 0 unspecified atom stereocenters. The van der Waals surface area contributed by atoms with Crippen LogP contribution in [-0.4, -0.2) is 13.6 Å². The molecule has 0 atom stereocenters. The monoisotopic (exact) mass is 141 g/mol. The smallest absolute Gasteiger partial charge is 0.00466 e. The standard InChI is InChI=1S/C9H19N/c1-3-9(5-4-6-9)7-8-10-2/h10H,3-8H2,1-2H3. The summed E-state index contributed by atoms with van der Waals surface area (Å²) < 4.78 is 0. The molecule has 0 spiro atoms. The first-order chi connectivity index (χ1) is 4.83. The summed E-state index contributed by atoms with van der Waals surface area (Å²) in [5.41, 5.74) is 0.753. The van der Waals surface area contributed by atoms with E-state index in [4.69, 9.17) is 0 Å². The Morgan fingerprint density at radius 2 is 2.10 bits per heavy atom. The van der Waals surface area contributed by atoms with Crippen LogP contribution in [0.25, 0.3) is 0 Å². The van der Waals surface area contributed by atoms with E-state index >= 15 is 0 Å². The molecular weight excluding hydrogens is 122 g/mol. The summed E-state index contributed by atoms with van der Waals surface area (Å²) >= 11 is 0. The van der Waals surface area contributed by atoms with Gasteiger partial charge in [-0.15, -0.1) is 0 Å². The minimum absolute atomic E-state index is 0.753. The largest absolute Gasteiger partial charge is 0.320 e. The van der Waals surface area contributed by atoms with E-state index in [-0.39, 0.29) is 0 Å². The van der Waals surface area contributed by atoms with Crippen LogP contribution in [-0.2, 0) is 0 Å². The van der Waals surface area contributed by atoms with Gasteiger partial charge in [0.25, 0.3) is 0 Å². The number of rotatable bonds is 4. The topological polar surface area (TPSA) is 12.0 Å². The highest BCUT2D eigenvalue weighted by atomic mass is 14.8. The summed E-state index contributed by atoms with van der Waals surface area (Å²) in [6, 6.07) is 0. The first kappa shape index (κ1) is 8.06. The van der Waals surface area contributed by atoms with Gasteiger partial charge in [-0.3, -0.25) is 0 Å². The molecule has 0 aromatic rings. The van der Waals surface area contributed by atoms with Gasteiger partial charge < -0.3 is 5.32 Å². The maximum Gasteiger partial charge on any atom is -0.00466 e.